The molecule has 94 valence electrons. The lowest BCUT2D eigenvalue weighted by Gasteiger charge is -2.23. The summed E-state index contributed by atoms with van der Waals surface area (Å²) < 4.78 is 12.5. The maximum absolute atomic E-state index is 5.80. The molecule has 0 saturated carbocycles. The Hall–Kier alpha value is -0.380. The fraction of sp³-hybridized carbons (Fsp3) is 0.571. The number of hydrogen-bond donors (Lipinski definition) is 0. The zero-order chi connectivity index (χ0) is 12.1. The number of ether oxygens (including phenoxy) is 2. The van der Waals surface area contributed by atoms with Gasteiger partial charge in [-0.15, -0.1) is 0 Å². The summed E-state index contributed by atoms with van der Waals surface area (Å²) in [6, 6.07) is 6.33. The highest BCUT2D eigenvalue weighted by Gasteiger charge is 2.14. The highest BCUT2D eigenvalue weighted by Crippen LogP contribution is 2.24. The van der Waals surface area contributed by atoms with Crippen LogP contribution in [0.25, 0.3) is 0 Å². The summed E-state index contributed by atoms with van der Waals surface area (Å²) in [4.78, 5) is 0. The Morgan fingerprint density at radius 2 is 2.18 bits per heavy atom. The van der Waals surface area contributed by atoms with Gasteiger partial charge >= 0.3 is 0 Å². The van der Waals surface area contributed by atoms with Gasteiger partial charge in [0, 0.05) is 11.1 Å². The third-order valence-corrected chi connectivity index (χ3v) is 4.12. The van der Waals surface area contributed by atoms with Crippen molar-refractivity contribution in [2.24, 2.45) is 0 Å². The zero-order valence-electron chi connectivity index (χ0n) is 10.2. The number of hydrogen-bond acceptors (Lipinski definition) is 2. The van der Waals surface area contributed by atoms with Gasteiger partial charge in [0.05, 0.1) is 6.61 Å². The van der Waals surface area contributed by atoms with E-state index >= 15 is 0 Å². The SMILES string of the molecule is CCc1cccc(COC2CCCCO2)c1Br. The van der Waals surface area contributed by atoms with E-state index in [1.807, 2.05) is 0 Å². The minimum absolute atomic E-state index is 0.0130. The monoisotopic (exact) mass is 298 g/mol. The Balaban J connectivity index is 1.93. The number of halogens is 1. The second kappa shape index (κ2) is 6.53. The van der Waals surface area contributed by atoms with Crippen molar-refractivity contribution in [3.8, 4) is 0 Å². The topological polar surface area (TPSA) is 18.5 Å². The molecule has 2 nitrogen and oxygen atoms in total. The summed E-state index contributed by atoms with van der Waals surface area (Å²) in [6.07, 6.45) is 4.41. The van der Waals surface area contributed by atoms with Gasteiger partial charge < -0.3 is 9.47 Å². The highest BCUT2D eigenvalue weighted by molar-refractivity contribution is 9.10. The van der Waals surface area contributed by atoms with E-state index in [4.69, 9.17) is 9.47 Å². The molecule has 17 heavy (non-hydrogen) atoms. The second-order valence-corrected chi connectivity index (χ2v) is 5.14. The van der Waals surface area contributed by atoms with Crippen molar-refractivity contribution in [2.75, 3.05) is 6.61 Å². The maximum Gasteiger partial charge on any atom is 0.158 e. The van der Waals surface area contributed by atoms with Gasteiger partial charge in [-0.25, -0.2) is 0 Å². The van der Waals surface area contributed by atoms with Gasteiger partial charge in [0.2, 0.25) is 0 Å². The van der Waals surface area contributed by atoms with E-state index in [9.17, 15) is 0 Å². The molecule has 1 aromatic carbocycles. The summed E-state index contributed by atoms with van der Waals surface area (Å²) in [7, 11) is 0. The van der Waals surface area contributed by atoms with Gasteiger partial charge in [0.25, 0.3) is 0 Å². The first-order chi connectivity index (χ1) is 8.31. The summed E-state index contributed by atoms with van der Waals surface area (Å²) in [5, 5.41) is 0. The summed E-state index contributed by atoms with van der Waals surface area (Å²) in [5.74, 6) is 0. The Labute approximate surface area is 111 Å². The van der Waals surface area contributed by atoms with E-state index in [0.29, 0.717) is 6.61 Å². The van der Waals surface area contributed by atoms with Crippen LogP contribution >= 0.6 is 15.9 Å². The molecule has 3 heteroatoms. The lowest BCUT2D eigenvalue weighted by molar-refractivity contribution is -0.169. The van der Waals surface area contributed by atoms with Crippen molar-refractivity contribution >= 4 is 15.9 Å². The van der Waals surface area contributed by atoms with Crippen LogP contribution in [0, 0.1) is 0 Å². The quantitative estimate of drug-likeness (QED) is 0.835. The Kier molecular flexibility index (Phi) is 5.01. The van der Waals surface area contributed by atoms with E-state index in [0.717, 1.165) is 25.9 Å². The van der Waals surface area contributed by atoms with Gasteiger partial charge in [-0.05, 0) is 36.8 Å². The minimum Gasteiger partial charge on any atom is -0.353 e. The number of benzene rings is 1. The first-order valence-corrected chi connectivity index (χ1v) is 7.10. The molecule has 1 saturated heterocycles. The lowest BCUT2D eigenvalue weighted by atomic mass is 10.1. The van der Waals surface area contributed by atoms with Crippen LogP contribution in [0.5, 0.6) is 0 Å². The fourth-order valence-electron chi connectivity index (χ4n) is 2.04. The Bertz CT molecular complexity index is 359. The van der Waals surface area contributed by atoms with Crippen LogP contribution in [-0.4, -0.2) is 12.9 Å². The minimum atomic E-state index is -0.0130. The van der Waals surface area contributed by atoms with Crippen LogP contribution in [0.1, 0.15) is 37.3 Å². The molecular formula is C14H19BrO2. The molecule has 0 amide bonds. The first-order valence-electron chi connectivity index (χ1n) is 6.30. The van der Waals surface area contributed by atoms with Crippen molar-refractivity contribution < 1.29 is 9.47 Å². The molecule has 0 N–H and O–H groups in total. The molecule has 1 fully saturated rings. The van der Waals surface area contributed by atoms with Crippen LogP contribution in [0.3, 0.4) is 0 Å². The summed E-state index contributed by atoms with van der Waals surface area (Å²) in [5.41, 5.74) is 2.54. The molecule has 1 heterocycles. The lowest BCUT2D eigenvalue weighted by Crippen LogP contribution is -2.22. The van der Waals surface area contributed by atoms with Crippen LogP contribution in [0.4, 0.5) is 0 Å². The average Bonchev–Trinajstić information content (AvgIpc) is 2.39. The highest BCUT2D eigenvalue weighted by atomic mass is 79.9. The maximum atomic E-state index is 5.80. The molecule has 1 atom stereocenters. The number of rotatable bonds is 4. The van der Waals surface area contributed by atoms with Crippen molar-refractivity contribution in [2.45, 2.75) is 45.5 Å². The van der Waals surface area contributed by atoms with E-state index in [-0.39, 0.29) is 6.29 Å². The molecule has 1 aliphatic heterocycles. The van der Waals surface area contributed by atoms with E-state index in [1.165, 1.54) is 22.0 Å². The smallest absolute Gasteiger partial charge is 0.158 e. The number of aryl methyl sites for hydroxylation is 1. The van der Waals surface area contributed by atoms with Crippen molar-refractivity contribution in [3.05, 3.63) is 33.8 Å². The third kappa shape index (κ3) is 3.54. The fourth-order valence-corrected chi connectivity index (χ4v) is 2.70. The summed E-state index contributed by atoms with van der Waals surface area (Å²) in [6.45, 7) is 3.62. The Morgan fingerprint density at radius 3 is 2.88 bits per heavy atom. The third-order valence-electron chi connectivity index (χ3n) is 3.10. The standard InChI is InChI=1S/C14H19BrO2/c1-2-11-6-5-7-12(14(11)15)10-17-13-8-3-4-9-16-13/h5-7,13H,2-4,8-10H2,1H3. The second-order valence-electron chi connectivity index (χ2n) is 4.35. The largest absolute Gasteiger partial charge is 0.353 e. The predicted octanol–water partition coefficient (Wildman–Crippen LogP) is 4.05. The molecule has 0 aliphatic carbocycles. The molecule has 2 rings (SSSR count). The van der Waals surface area contributed by atoms with Crippen molar-refractivity contribution in [1.82, 2.24) is 0 Å². The van der Waals surface area contributed by atoms with Crippen LogP contribution in [0.15, 0.2) is 22.7 Å². The summed E-state index contributed by atoms with van der Waals surface area (Å²) >= 11 is 3.65. The van der Waals surface area contributed by atoms with E-state index in [1.54, 1.807) is 0 Å². The van der Waals surface area contributed by atoms with Crippen LogP contribution in [-0.2, 0) is 22.5 Å². The molecule has 1 unspecified atom stereocenters. The molecule has 1 aliphatic rings. The van der Waals surface area contributed by atoms with Gasteiger partial charge in [-0.2, -0.15) is 0 Å². The molecule has 1 aromatic rings. The van der Waals surface area contributed by atoms with Crippen molar-refractivity contribution in [3.63, 3.8) is 0 Å². The first kappa shape index (κ1) is 13.1. The van der Waals surface area contributed by atoms with Gasteiger partial charge in [0.15, 0.2) is 6.29 Å². The zero-order valence-corrected chi connectivity index (χ0v) is 11.8. The van der Waals surface area contributed by atoms with Crippen molar-refractivity contribution in [1.29, 1.82) is 0 Å². The van der Waals surface area contributed by atoms with Crippen LogP contribution < -0.4 is 0 Å². The van der Waals surface area contributed by atoms with Gasteiger partial charge in [-0.3, -0.25) is 0 Å². The molecule has 0 spiro atoms. The van der Waals surface area contributed by atoms with E-state index < -0.39 is 0 Å². The van der Waals surface area contributed by atoms with Gasteiger partial charge in [0.1, 0.15) is 0 Å². The predicted molar refractivity (Wildman–Crippen MR) is 71.9 cm³/mol. The average molecular weight is 299 g/mol. The molecule has 0 bridgehead atoms. The Morgan fingerprint density at radius 1 is 1.35 bits per heavy atom. The molecular weight excluding hydrogens is 280 g/mol. The normalized spacial score (nSPS) is 20.5. The van der Waals surface area contributed by atoms with Gasteiger partial charge in [-0.1, -0.05) is 41.1 Å². The molecule has 0 radical (unpaired) electrons. The molecule has 0 aromatic heterocycles. The van der Waals surface area contributed by atoms with Crippen LogP contribution in [0.2, 0.25) is 0 Å². The van der Waals surface area contributed by atoms with E-state index in [2.05, 4.69) is 41.1 Å².